The van der Waals surface area contributed by atoms with Crippen LogP contribution in [-0.2, 0) is 20.9 Å². The molecule has 200 valence electrons. The number of imide groups is 1. The molecule has 3 heterocycles. The van der Waals surface area contributed by atoms with Gasteiger partial charge < -0.3 is 14.4 Å². The molecule has 8 heteroatoms. The molecule has 0 bridgehead atoms. The summed E-state index contributed by atoms with van der Waals surface area (Å²) in [6.45, 7) is 2.75. The lowest BCUT2D eigenvalue weighted by Gasteiger charge is -2.51. The number of amides is 3. The zero-order valence-corrected chi connectivity index (χ0v) is 21.8. The van der Waals surface area contributed by atoms with Gasteiger partial charge in [-0.3, -0.25) is 24.6 Å². The molecule has 4 fully saturated rings. The summed E-state index contributed by atoms with van der Waals surface area (Å²) < 4.78 is 12.2. The van der Waals surface area contributed by atoms with Gasteiger partial charge in [-0.1, -0.05) is 6.42 Å². The topological polar surface area (TPSA) is 88.2 Å². The summed E-state index contributed by atoms with van der Waals surface area (Å²) in [5.41, 5.74) is 1.53. The lowest BCUT2D eigenvalue weighted by Crippen LogP contribution is -2.59. The third kappa shape index (κ3) is 4.90. The first-order chi connectivity index (χ1) is 18.0. The quantitative estimate of drug-likeness (QED) is 0.593. The van der Waals surface area contributed by atoms with Crippen LogP contribution >= 0.6 is 0 Å². The molecule has 1 aromatic rings. The smallest absolute Gasteiger partial charge is 0.255 e. The number of carbonyl (C=O) groups excluding carboxylic acids is 3. The first-order valence-corrected chi connectivity index (χ1v) is 14.2. The van der Waals surface area contributed by atoms with Gasteiger partial charge in [0.25, 0.3) is 5.91 Å². The van der Waals surface area contributed by atoms with Crippen LogP contribution in [0, 0.1) is 11.8 Å². The Kier molecular flexibility index (Phi) is 6.97. The van der Waals surface area contributed by atoms with Crippen LogP contribution < -0.4 is 10.1 Å². The van der Waals surface area contributed by atoms with Gasteiger partial charge in [0.2, 0.25) is 11.8 Å². The Hall–Kier alpha value is -2.45. The van der Waals surface area contributed by atoms with E-state index in [0.717, 1.165) is 29.6 Å². The van der Waals surface area contributed by atoms with E-state index < -0.39 is 6.04 Å². The van der Waals surface area contributed by atoms with Crippen LogP contribution in [0.4, 0.5) is 0 Å². The molecular weight excluding hydrogens is 470 g/mol. The summed E-state index contributed by atoms with van der Waals surface area (Å²) in [5.74, 6) is 1.67. The number of ether oxygens (including phenoxy) is 2. The van der Waals surface area contributed by atoms with Gasteiger partial charge in [0.15, 0.2) is 0 Å². The Bertz CT molecular complexity index is 1050. The second kappa shape index (κ2) is 10.4. The van der Waals surface area contributed by atoms with E-state index in [1.54, 1.807) is 4.90 Å². The molecule has 5 aliphatic rings. The van der Waals surface area contributed by atoms with Crippen molar-refractivity contribution in [3.63, 3.8) is 0 Å². The zero-order chi connectivity index (χ0) is 25.5. The Balaban J connectivity index is 1.07. The van der Waals surface area contributed by atoms with Crippen LogP contribution in [0.2, 0.25) is 0 Å². The Labute approximate surface area is 219 Å². The highest BCUT2D eigenvalue weighted by Crippen LogP contribution is 2.39. The largest absolute Gasteiger partial charge is 0.489 e. The fourth-order valence-corrected chi connectivity index (χ4v) is 7.34. The molecule has 0 aromatic heterocycles. The first-order valence-electron chi connectivity index (χ1n) is 14.2. The molecule has 2 saturated carbocycles. The molecule has 2 aliphatic carbocycles. The lowest BCUT2D eigenvalue weighted by molar-refractivity contribution is -0.136. The van der Waals surface area contributed by atoms with Crippen molar-refractivity contribution in [1.29, 1.82) is 0 Å². The second-order valence-electron chi connectivity index (χ2n) is 11.7. The minimum Gasteiger partial charge on any atom is -0.489 e. The van der Waals surface area contributed by atoms with Crippen molar-refractivity contribution in [3.05, 3.63) is 29.3 Å². The maximum absolute atomic E-state index is 13.0. The summed E-state index contributed by atoms with van der Waals surface area (Å²) in [5, 5.41) is 2.37. The number of nitrogens with zero attached hydrogens (tertiary/aromatic N) is 2. The number of likely N-dealkylation sites (tertiary alicyclic amines) is 1. The average molecular weight is 510 g/mol. The van der Waals surface area contributed by atoms with Crippen molar-refractivity contribution in [2.75, 3.05) is 20.2 Å². The van der Waals surface area contributed by atoms with Crippen LogP contribution in [0.15, 0.2) is 18.2 Å². The molecule has 3 atom stereocenters. The van der Waals surface area contributed by atoms with E-state index in [4.69, 9.17) is 9.47 Å². The third-order valence-corrected chi connectivity index (χ3v) is 9.58. The SMILES string of the molecule is CO[C@H]1CC[C@@H](C2CN([C@H]3CCCC[C@@H]3Oc3ccc4c(c3)CN(C3CCC(=O)NC3=O)C4=O)C2)CC1. The Morgan fingerprint density at radius 3 is 2.46 bits per heavy atom. The monoisotopic (exact) mass is 509 g/mol. The molecular formula is C29H39N3O5. The summed E-state index contributed by atoms with van der Waals surface area (Å²) in [6.07, 6.45) is 10.9. The molecule has 0 spiro atoms. The minimum atomic E-state index is -0.589. The summed E-state index contributed by atoms with van der Waals surface area (Å²) in [6, 6.07) is 5.59. The molecule has 3 amide bonds. The predicted octanol–water partition coefficient (Wildman–Crippen LogP) is 3.27. The van der Waals surface area contributed by atoms with Crippen molar-refractivity contribution in [2.24, 2.45) is 11.8 Å². The average Bonchev–Trinajstić information content (AvgIpc) is 3.20. The fraction of sp³-hybridized carbons (Fsp3) is 0.690. The van der Waals surface area contributed by atoms with E-state index in [1.165, 1.54) is 58.0 Å². The molecule has 1 unspecified atom stereocenters. The van der Waals surface area contributed by atoms with Gasteiger partial charge in [-0.25, -0.2) is 0 Å². The first kappa shape index (κ1) is 24.9. The molecule has 37 heavy (non-hydrogen) atoms. The summed E-state index contributed by atoms with van der Waals surface area (Å²) in [7, 11) is 1.84. The highest BCUT2D eigenvalue weighted by molar-refractivity contribution is 6.05. The Morgan fingerprint density at radius 2 is 1.70 bits per heavy atom. The molecule has 8 nitrogen and oxygen atoms in total. The van der Waals surface area contributed by atoms with Crippen molar-refractivity contribution in [3.8, 4) is 5.75 Å². The number of piperidine rings is 1. The number of rotatable bonds is 6. The fourth-order valence-electron chi connectivity index (χ4n) is 7.34. The number of methoxy groups -OCH3 is 1. The summed E-state index contributed by atoms with van der Waals surface area (Å²) >= 11 is 0. The summed E-state index contributed by atoms with van der Waals surface area (Å²) in [4.78, 5) is 41.1. The van der Waals surface area contributed by atoms with Crippen LogP contribution in [0.25, 0.3) is 0 Å². The van der Waals surface area contributed by atoms with Crippen LogP contribution in [0.1, 0.15) is 80.1 Å². The maximum Gasteiger partial charge on any atom is 0.255 e. The van der Waals surface area contributed by atoms with Crippen molar-refractivity contribution in [1.82, 2.24) is 15.1 Å². The molecule has 6 rings (SSSR count). The van der Waals surface area contributed by atoms with E-state index in [-0.39, 0.29) is 30.2 Å². The van der Waals surface area contributed by atoms with Crippen LogP contribution in [-0.4, -0.2) is 72.0 Å². The van der Waals surface area contributed by atoms with Crippen LogP contribution in [0.3, 0.4) is 0 Å². The van der Waals surface area contributed by atoms with E-state index in [2.05, 4.69) is 10.2 Å². The van der Waals surface area contributed by atoms with Gasteiger partial charge in [0, 0.05) is 44.8 Å². The highest BCUT2D eigenvalue weighted by Gasteiger charge is 2.43. The van der Waals surface area contributed by atoms with Gasteiger partial charge in [0.1, 0.15) is 17.9 Å². The van der Waals surface area contributed by atoms with E-state index in [9.17, 15) is 14.4 Å². The van der Waals surface area contributed by atoms with Gasteiger partial charge in [-0.05, 0) is 87.0 Å². The lowest BCUT2D eigenvalue weighted by atomic mass is 9.74. The number of fused-ring (bicyclic) bond motifs is 1. The van der Waals surface area contributed by atoms with Gasteiger partial charge in [0.05, 0.1) is 6.10 Å². The normalized spacial score (nSPS) is 33.2. The highest BCUT2D eigenvalue weighted by atomic mass is 16.5. The molecule has 1 aromatic carbocycles. The number of nitrogens with one attached hydrogen (secondary N) is 1. The molecule has 1 N–H and O–H groups in total. The van der Waals surface area contributed by atoms with Crippen molar-refractivity contribution in [2.45, 2.75) is 95.0 Å². The number of benzene rings is 1. The number of carbonyl (C=O) groups is 3. The Morgan fingerprint density at radius 1 is 0.919 bits per heavy atom. The standard InChI is InChI=1S/C29H39N3O5/c1-36-21-8-6-18(7-9-21)20-15-31(16-20)24-4-2-3-5-26(24)37-22-10-11-23-19(14-22)17-32(29(23)35)25-12-13-27(33)30-28(25)34/h10-11,14,18,20-21,24-26H,2-9,12-13,15-17H2,1H3,(H,30,33,34)/t18-,21+,24-,25?,26-/m0/s1. The zero-order valence-electron chi connectivity index (χ0n) is 21.8. The minimum absolute atomic E-state index is 0.141. The van der Waals surface area contributed by atoms with Gasteiger partial charge >= 0.3 is 0 Å². The van der Waals surface area contributed by atoms with Crippen molar-refractivity contribution < 1.29 is 23.9 Å². The maximum atomic E-state index is 13.0. The third-order valence-electron chi connectivity index (χ3n) is 9.58. The second-order valence-corrected chi connectivity index (χ2v) is 11.7. The number of hydrogen-bond donors (Lipinski definition) is 1. The van der Waals surface area contributed by atoms with Gasteiger partial charge in [-0.15, -0.1) is 0 Å². The molecule has 2 saturated heterocycles. The van der Waals surface area contributed by atoms with E-state index in [1.807, 2.05) is 25.3 Å². The van der Waals surface area contributed by atoms with E-state index >= 15 is 0 Å². The molecule has 3 aliphatic heterocycles. The van der Waals surface area contributed by atoms with Gasteiger partial charge in [-0.2, -0.15) is 0 Å². The predicted molar refractivity (Wildman–Crippen MR) is 137 cm³/mol. The van der Waals surface area contributed by atoms with E-state index in [0.29, 0.717) is 30.7 Å². The number of hydrogen-bond acceptors (Lipinski definition) is 6. The van der Waals surface area contributed by atoms with Crippen molar-refractivity contribution >= 4 is 17.7 Å². The van der Waals surface area contributed by atoms with Crippen LogP contribution in [0.5, 0.6) is 5.75 Å². The molecule has 0 radical (unpaired) electrons.